The molecule has 0 atom stereocenters. The topological polar surface area (TPSA) is 12.9 Å². The fourth-order valence-corrected chi connectivity index (χ4v) is 1.52. The number of hydrogen-bond acceptors (Lipinski definition) is 1. The second-order valence-corrected chi connectivity index (χ2v) is 3.74. The molecular weight excluding hydrogens is 189 g/mol. The van der Waals surface area contributed by atoms with E-state index in [0.29, 0.717) is 0 Å². The average molecular weight is 201 g/mol. The number of aromatic nitrogens is 1. The Morgan fingerprint density at radius 3 is 2.40 bits per heavy atom. The summed E-state index contributed by atoms with van der Waals surface area (Å²) in [5.41, 5.74) is 3.65. The van der Waals surface area contributed by atoms with Crippen LogP contribution < -0.4 is 0 Å². The van der Waals surface area contributed by atoms with Crippen molar-refractivity contribution in [3.8, 4) is 11.3 Å². The third kappa shape index (κ3) is 2.21. The number of rotatable bonds is 1. The van der Waals surface area contributed by atoms with Crippen molar-refractivity contribution in [2.24, 2.45) is 0 Å². The highest BCUT2D eigenvalue weighted by molar-refractivity contribution is 5.60. The van der Waals surface area contributed by atoms with Crippen LogP contribution in [0.2, 0.25) is 0 Å². The number of pyridine rings is 1. The lowest BCUT2D eigenvalue weighted by Gasteiger charge is -2.03. The van der Waals surface area contributed by atoms with Crippen LogP contribution in [-0.4, -0.2) is 4.98 Å². The summed E-state index contributed by atoms with van der Waals surface area (Å²) in [6.07, 6.45) is 1.79. The minimum absolute atomic E-state index is 0.215. The van der Waals surface area contributed by atoms with Gasteiger partial charge in [0.05, 0.1) is 5.69 Å². The van der Waals surface area contributed by atoms with Crippen molar-refractivity contribution in [2.75, 3.05) is 0 Å². The molecule has 0 unspecified atom stereocenters. The maximum Gasteiger partial charge on any atom is 0.124 e. The van der Waals surface area contributed by atoms with Gasteiger partial charge in [-0.1, -0.05) is 6.07 Å². The first-order valence-electron chi connectivity index (χ1n) is 4.85. The Morgan fingerprint density at radius 2 is 1.80 bits per heavy atom. The lowest BCUT2D eigenvalue weighted by molar-refractivity contribution is 0.627. The zero-order chi connectivity index (χ0) is 10.8. The molecule has 0 bridgehead atoms. The van der Waals surface area contributed by atoms with Crippen molar-refractivity contribution in [2.45, 2.75) is 13.8 Å². The van der Waals surface area contributed by atoms with Crippen molar-refractivity contribution in [3.05, 3.63) is 53.5 Å². The lowest BCUT2D eigenvalue weighted by Crippen LogP contribution is -1.87. The molecule has 0 aliphatic carbocycles. The minimum atomic E-state index is -0.215. The molecule has 0 saturated heterocycles. The first kappa shape index (κ1) is 9.84. The van der Waals surface area contributed by atoms with Gasteiger partial charge in [-0.2, -0.15) is 0 Å². The van der Waals surface area contributed by atoms with E-state index < -0.39 is 0 Å². The Bertz CT molecular complexity index is 454. The van der Waals surface area contributed by atoms with E-state index in [9.17, 15) is 4.39 Å². The van der Waals surface area contributed by atoms with Gasteiger partial charge in [0.15, 0.2) is 0 Å². The quantitative estimate of drug-likeness (QED) is 0.688. The predicted molar refractivity (Wildman–Crippen MR) is 59.1 cm³/mol. The molecule has 15 heavy (non-hydrogen) atoms. The molecule has 2 heteroatoms. The Balaban J connectivity index is 2.49. The molecule has 0 N–H and O–H groups in total. The molecule has 0 radical (unpaired) electrons. The van der Waals surface area contributed by atoms with Crippen molar-refractivity contribution in [3.63, 3.8) is 0 Å². The van der Waals surface area contributed by atoms with E-state index in [1.807, 2.05) is 32.0 Å². The molecule has 2 rings (SSSR count). The van der Waals surface area contributed by atoms with Crippen molar-refractivity contribution in [1.82, 2.24) is 4.98 Å². The third-order valence-electron chi connectivity index (χ3n) is 2.25. The van der Waals surface area contributed by atoms with Crippen LogP contribution in [0, 0.1) is 19.7 Å². The van der Waals surface area contributed by atoms with E-state index in [0.717, 1.165) is 22.4 Å². The number of benzene rings is 1. The molecule has 0 aliphatic heterocycles. The van der Waals surface area contributed by atoms with Gasteiger partial charge < -0.3 is 0 Å². The summed E-state index contributed by atoms with van der Waals surface area (Å²) in [6, 6.07) is 8.83. The molecule has 0 aliphatic rings. The van der Waals surface area contributed by atoms with Gasteiger partial charge in [-0.05, 0) is 49.2 Å². The van der Waals surface area contributed by atoms with E-state index in [1.165, 1.54) is 12.1 Å². The van der Waals surface area contributed by atoms with Crippen LogP contribution in [0.3, 0.4) is 0 Å². The fourth-order valence-electron chi connectivity index (χ4n) is 1.52. The SMILES string of the molecule is Cc1ccc(-c2cc(C)cc(F)c2)nc1. The van der Waals surface area contributed by atoms with E-state index in [-0.39, 0.29) is 5.82 Å². The molecule has 1 nitrogen and oxygen atoms in total. The van der Waals surface area contributed by atoms with Gasteiger partial charge in [0.25, 0.3) is 0 Å². The minimum Gasteiger partial charge on any atom is -0.256 e. The van der Waals surface area contributed by atoms with Crippen LogP contribution in [0.15, 0.2) is 36.5 Å². The van der Waals surface area contributed by atoms with Crippen molar-refractivity contribution >= 4 is 0 Å². The summed E-state index contributed by atoms with van der Waals surface area (Å²) in [6.45, 7) is 3.86. The van der Waals surface area contributed by atoms with Crippen LogP contribution in [0.25, 0.3) is 11.3 Å². The average Bonchev–Trinajstić information content (AvgIpc) is 2.17. The first-order chi connectivity index (χ1) is 7.15. The summed E-state index contributed by atoms with van der Waals surface area (Å²) in [4.78, 5) is 4.26. The van der Waals surface area contributed by atoms with Crippen molar-refractivity contribution < 1.29 is 4.39 Å². The number of aryl methyl sites for hydroxylation is 2. The standard InChI is InChI=1S/C13H12FN/c1-9-3-4-13(15-8-9)11-5-10(2)6-12(14)7-11/h3-8H,1-2H3. The fraction of sp³-hybridized carbons (Fsp3) is 0.154. The smallest absolute Gasteiger partial charge is 0.124 e. The molecule has 0 amide bonds. The van der Waals surface area contributed by atoms with Crippen LogP contribution in [0.1, 0.15) is 11.1 Å². The first-order valence-corrected chi connectivity index (χ1v) is 4.85. The maximum absolute atomic E-state index is 13.2. The van der Waals surface area contributed by atoms with E-state index in [1.54, 1.807) is 6.20 Å². The molecule has 0 saturated carbocycles. The van der Waals surface area contributed by atoms with E-state index >= 15 is 0 Å². The highest BCUT2D eigenvalue weighted by atomic mass is 19.1. The number of nitrogens with zero attached hydrogens (tertiary/aromatic N) is 1. The molecule has 1 aromatic heterocycles. The van der Waals surface area contributed by atoms with Gasteiger partial charge in [-0.3, -0.25) is 4.98 Å². The van der Waals surface area contributed by atoms with E-state index in [4.69, 9.17) is 0 Å². The van der Waals surface area contributed by atoms with Gasteiger partial charge in [0, 0.05) is 11.8 Å². The van der Waals surface area contributed by atoms with Crippen molar-refractivity contribution in [1.29, 1.82) is 0 Å². The van der Waals surface area contributed by atoms with Crippen LogP contribution in [0.4, 0.5) is 4.39 Å². The Morgan fingerprint density at radius 1 is 1.00 bits per heavy atom. The Hall–Kier alpha value is -1.70. The molecular formula is C13H12FN. The van der Waals surface area contributed by atoms with Gasteiger partial charge in [-0.25, -0.2) is 4.39 Å². The maximum atomic E-state index is 13.2. The zero-order valence-electron chi connectivity index (χ0n) is 8.79. The Kier molecular flexibility index (Phi) is 2.50. The second kappa shape index (κ2) is 3.81. The highest BCUT2D eigenvalue weighted by Crippen LogP contribution is 2.19. The Labute approximate surface area is 88.6 Å². The van der Waals surface area contributed by atoms with Crippen LogP contribution in [-0.2, 0) is 0 Å². The van der Waals surface area contributed by atoms with Gasteiger partial charge in [0.1, 0.15) is 5.82 Å². The molecule has 1 aromatic carbocycles. The summed E-state index contributed by atoms with van der Waals surface area (Å²) in [5.74, 6) is -0.215. The summed E-state index contributed by atoms with van der Waals surface area (Å²) in [7, 11) is 0. The molecule has 0 spiro atoms. The van der Waals surface area contributed by atoms with E-state index in [2.05, 4.69) is 4.98 Å². The molecule has 0 fully saturated rings. The van der Waals surface area contributed by atoms with Crippen LogP contribution in [0.5, 0.6) is 0 Å². The van der Waals surface area contributed by atoms with Gasteiger partial charge in [0.2, 0.25) is 0 Å². The number of halogens is 1. The second-order valence-electron chi connectivity index (χ2n) is 3.74. The van der Waals surface area contributed by atoms with Gasteiger partial charge in [-0.15, -0.1) is 0 Å². The predicted octanol–water partition coefficient (Wildman–Crippen LogP) is 3.50. The highest BCUT2D eigenvalue weighted by Gasteiger charge is 2.01. The largest absolute Gasteiger partial charge is 0.256 e. The zero-order valence-corrected chi connectivity index (χ0v) is 8.79. The number of hydrogen-bond donors (Lipinski definition) is 0. The lowest BCUT2D eigenvalue weighted by atomic mass is 10.1. The summed E-state index contributed by atoms with van der Waals surface area (Å²) in [5, 5.41) is 0. The normalized spacial score (nSPS) is 10.3. The molecule has 2 aromatic rings. The molecule has 76 valence electrons. The monoisotopic (exact) mass is 201 g/mol. The summed E-state index contributed by atoms with van der Waals surface area (Å²) >= 11 is 0. The molecule has 1 heterocycles. The third-order valence-corrected chi connectivity index (χ3v) is 2.25. The van der Waals surface area contributed by atoms with Crippen LogP contribution >= 0.6 is 0 Å². The summed E-state index contributed by atoms with van der Waals surface area (Å²) < 4.78 is 13.2. The van der Waals surface area contributed by atoms with Gasteiger partial charge >= 0.3 is 0 Å².